The zero-order valence-corrected chi connectivity index (χ0v) is 24.8. The fraction of sp³-hybridized carbons (Fsp3) is 0.286. The van der Waals surface area contributed by atoms with Crippen LogP contribution in [0.5, 0.6) is 17.2 Å². The second kappa shape index (κ2) is 12.7. The Morgan fingerprint density at radius 3 is 2.68 bits per heavy atom. The van der Waals surface area contributed by atoms with E-state index in [1.54, 1.807) is 36.4 Å². The van der Waals surface area contributed by atoms with Crippen LogP contribution in [0.3, 0.4) is 0 Å². The van der Waals surface area contributed by atoms with Gasteiger partial charge in [0.25, 0.3) is 5.91 Å². The lowest BCUT2D eigenvalue weighted by atomic mass is 9.94. The largest absolute Gasteiger partial charge is 0.872 e. The zero-order valence-electron chi connectivity index (χ0n) is 24.8. The first kappa shape index (κ1) is 29.0. The monoisotopic (exact) mass is 593 g/mol. The number of aromatic amines is 1. The van der Waals surface area contributed by atoms with E-state index in [9.17, 15) is 14.7 Å². The highest BCUT2D eigenvalue weighted by molar-refractivity contribution is 6.46. The molecule has 1 amide bonds. The third-order valence-corrected chi connectivity index (χ3v) is 7.93. The van der Waals surface area contributed by atoms with Crippen LogP contribution >= 0.6 is 0 Å². The van der Waals surface area contributed by atoms with E-state index in [-0.39, 0.29) is 18.2 Å². The summed E-state index contributed by atoms with van der Waals surface area (Å²) in [4.78, 5) is 31.6. The molecule has 44 heavy (non-hydrogen) atoms. The van der Waals surface area contributed by atoms with E-state index in [4.69, 9.17) is 14.2 Å². The van der Waals surface area contributed by atoms with Gasteiger partial charge in [0, 0.05) is 25.0 Å². The predicted molar refractivity (Wildman–Crippen MR) is 161 cm³/mol. The van der Waals surface area contributed by atoms with Crippen LogP contribution in [0.4, 0.5) is 0 Å². The summed E-state index contributed by atoms with van der Waals surface area (Å²) < 4.78 is 19.8. The number of carbonyl (C=O) groups is 2. The number of nitrogens with zero attached hydrogens (tertiary/aromatic N) is 2. The number of aromatic nitrogens is 2. The number of amides is 1. The zero-order chi connectivity index (χ0) is 30.6. The average Bonchev–Trinajstić information content (AvgIpc) is 3.75. The molecule has 1 fully saturated rings. The molecule has 1 N–H and O–H groups in total. The summed E-state index contributed by atoms with van der Waals surface area (Å²) in [5, 5.41) is 14.1. The van der Waals surface area contributed by atoms with Crippen LogP contribution in [0.2, 0.25) is 0 Å². The van der Waals surface area contributed by atoms with Gasteiger partial charge in [-0.3, -0.25) is 14.6 Å². The summed E-state index contributed by atoms with van der Waals surface area (Å²) in [6, 6.07) is 19.5. The first-order chi connectivity index (χ1) is 21.4. The minimum absolute atomic E-state index is 0.0124. The van der Waals surface area contributed by atoms with E-state index >= 15 is 0 Å². The molecular weight excluding hydrogens is 558 g/mol. The summed E-state index contributed by atoms with van der Waals surface area (Å²) in [6.45, 7) is 5.50. The van der Waals surface area contributed by atoms with Crippen molar-refractivity contribution in [2.24, 2.45) is 0 Å². The van der Waals surface area contributed by atoms with Crippen molar-refractivity contribution in [3.05, 3.63) is 113 Å². The van der Waals surface area contributed by atoms with Crippen molar-refractivity contribution in [3.8, 4) is 17.2 Å². The molecule has 2 atom stereocenters. The fourth-order valence-corrected chi connectivity index (χ4v) is 5.87. The van der Waals surface area contributed by atoms with Gasteiger partial charge in [-0.1, -0.05) is 48.2 Å². The molecule has 2 unspecified atom stereocenters. The van der Waals surface area contributed by atoms with E-state index in [0.29, 0.717) is 55.2 Å². The summed E-state index contributed by atoms with van der Waals surface area (Å²) >= 11 is 0. The quantitative estimate of drug-likeness (QED) is 0.122. The highest BCUT2D eigenvalue weighted by Crippen LogP contribution is 2.42. The molecule has 1 aromatic heterocycles. The van der Waals surface area contributed by atoms with E-state index < -0.39 is 23.5 Å². The van der Waals surface area contributed by atoms with Crippen molar-refractivity contribution < 1.29 is 33.5 Å². The van der Waals surface area contributed by atoms with Crippen LogP contribution in [-0.2, 0) is 29.2 Å². The number of H-pyrrole nitrogens is 1. The molecule has 2 aliphatic rings. The molecule has 6 rings (SSSR count). The topological polar surface area (TPSA) is 108 Å². The minimum Gasteiger partial charge on any atom is -0.872 e. The summed E-state index contributed by atoms with van der Waals surface area (Å²) in [5.41, 5.74) is 2.83. The molecule has 0 saturated carbocycles. The Bertz CT molecular complexity index is 1680. The Kier molecular flexibility index (Phi) is 8.36. The molecular formula is C35H35N3O6. The van der Waals surface area contributed by atoms with Crippen molar-refractivity contribution in [3.63, 3.8) is 0 Å². The Balaban J connectivity index is 1.37. The van der Waals surface area contributed by atoms with Gasteiger partial charge >= 0.3 is 0 Å². The molecule has 4 aromatic rings. The van der Waals surface area contributed by atoms with Crippen LogP contribution in [0.1, 0.15) is 48.6 Å². The number of aryl methyl sites for hydroxylation is 1. The average molecular weight is 594 g/mol. The molecule has 0 aliphatic carbocycles. The number of Topliss-reactive ketones (excluding diaryl/α,β-unsaturated/α-hetero) is 1. The van der Waals surface area contributed by atoms with E-state index in [0.717, 1.165) is 16.9 Å². The number of benzene rings is 3. The molecule has 0 radical (unpaired) electrons. The second-order valence-electron chi connectivity index (χ2n) is 11.0. The number of rotatable bonds is 11. The molecule has 0 spiro atoms. The van der Waals surface area contributed by atoms with Gasteiger partial charge in [-0.15, -0.1) is 0 Å². The van der Waals surface area contributed by atoms with Gasteiger partial charge in [-0.25, -0.2) is 4.57 Å². The van der Waals surface area contributed by atoms with Gasteiger partial charge in [-0.05, 0) is 60.4 Å². The van der Waals surface area contributed by atoms with E-state index in [1.807, 2.05) is 67.5 Å². The molecule has 3 heterocycles. The Morgan fingerprint density at radius 1 is 1.07 bits per heavy atom. The highest BCUT2D eigenvalue weighted by atomic mass is 16.5. The Morgan fingerprint density at radius 2 is 1.91 bits per heavy atom. The van der Waals surface area contributed by atoms with Crippen LogP contribution in [0.15, 0.2) is 91.0 Å². The highest BCUT2D eigenvalue weighted by Gasteiger charge is 2.44. The molecule has 2 aliphatic heterocycles. The predicted octanol–water partition coefficient (Wildman–Crippen LogP) is 3.92. The van der Waals surface area contributed by atoms with Crippen LogP contribution in [-0.4, -0.2) is 40.8 Å². The molecule has 9 nitrogen and oxygen atoms in total. The maximum atomic E-state index is 14.1. The molecule has 226 valence electrons. The fourth-order valence-electron chi connectivity index (χ4n) is 5.87. The number of hydrogen-bond donors (Lipinski definition) is 1. The Labute approximate surface area is 256 Å². The summed E-state index contributed by atoms with van der Waals surface area (Å²) in [7, 11) is 0. The number of ether oxygens (including phenoxy) is 3. The maximum Gasteiger partial charge on any atom is 0.295 e. The normalized spacial score (nSPS) is 18.7. The van der Waals surface area contributed by atoms with Gasteiger partial charge in [0.2, 0.25) is 12.1 Å². The Hall–Kier alpha value is -5.05. The molecule has 0 bridgehead atoms. The van der Waals surface area contributed by atoms with Crippen molar-refractivity contribution in [2.45, 2.75) is 52.0 Å². The SMILES string of the molecule is CCOc1cc(C2C(=C([O-])c3ccc4c(c3)CC(C)O4)C(=O)C(=O)N2CCC[n+]2cc[nH]c2)ccc1OCc1ccccc1. The van der Waals surface area contributed by atoms with Gasteiger partial charge in [0.05, 0.1) is 19.2 Å². The number of imidazole rings is 1. The third kappa shape index (κ3) is 5.90. The molecule has 1 saturated heterocycles. The van der Waals surface area contributed by atoms with E-state index in [2.05, 4.69) is 4.98 Å². The van der Waals surface area contributed by atoms with Crippen LogP contribution in [0.25, 0.3) is 5.76 Å². The first-order valence-corrected chi connectivity index (χ1v) is 14.9. The van der Waals surface area contributed by atoms with Gasteiger partial charge in [0.1, 0.15) is 30.9 Å². The third-order valence-electron chi connectivity index (χ3n) is 7.93. The van der Waals surface area contributed by atoms with Crippen molar-refractivity contribution in [1.29, 1.82) is 0 Å². The van der Waals surface area contributed by atoms with Gasteiger partial charge in [0.15, 0.2) is 11.5 Å². The van der Waals surface area contributed by atoms with Crippen LogP contribution < -0.4 is 23.9 Å². The number of likely N-dealkylation sites (tertiary alicyclic amines) is 1. The lowest BCUT2D eigenvalue weighted by Gasteiger charge is -2.28. The lowest BCUT2D eigenvalue weighted by molar-refractivity contribution is -0.695. The smallest absolute Gasteiger partial charge is 0.295 e. The first-order valence-electron chi connectivity index (χ1n) is 14.9. The second-order valence-corrected chi connectivity index (χ2v) is 11.0. The van der Waals surface area contributed by atoms with Gasteiger partial charge in [-0.2, -0.15) is 0 Å². The van der Waals surface area contributed by atoms with Gasteiger partial charge < -0.3 is 24.2 Å². The number of fused-ring (bicyclic) bond motifs is 1. The van der Waals surface area contributed by atoms with Crippen molar-refractivity contribution in [1.82, 2.24) is 9.88 Å². The summed E-state index contributed by atoms with van der Waals surface area (Å²) in [5.74, 6) is -0.168. The standard InChI is InChI=1S/C35H35N3O6/c1-3-42-30-20-25(10-13-29(30)43-21-24-8-5-4-6-9-24)32-31(33(39)26-11-12-28-27(19-26)18-23(2)44-28)34(40)35(41)38(32)16-7-15-37-17-14-36-22-37/h4-6,8-14,17,19-20,22-23,32H,3,7,15-16,18,21H2,1-2H3,(H,39,40). The van der Waals surface area contributed by atoms with Crippen molar-refractivity contribution >= 4 is 17.4 Å². The summed E-state index contributed by atoms with van der Waals surface area (Å²) in [6.07, 6.45) is 6.82. The number of hydrogen-bond acceptors (Lipinski definition) is 6. The number of ketones is 1. The molecule has 9 heteroatoms. The number of nitrogens with one attached hydrogen (secondary N) is 1. The van der Waals surface area contributed by atoms with Crippen molar-refractivity contribution in [2.75, 3.05) is 13.2 Å². The number of carbonyl (C=O) groups excluding carboxylic acids is 2. The van der Waals surface area contributed by atoms with Crippen LogP contribution in [0, 0.1) is 0 Å². The molecule has 3 aromatic carbocycles. The van der Waals surface area contributed by atoms with E-state index in [1.165, 1.54) is 4.90 Å². The maximum absolute atomic E-state index is 14.1. The minimum atomic E-state index is -0.871. The lowest BCUT2D eigenvalue weighted by Crippen LogP contribution is -2.36.